The normalized spacial score (nSPS) is 10.6. The number of nitrogens with one attached hydrogen (secondary N) is 1. The molecule has 0 saturated heterocycles. The monoisotopic (exact) mass is 488 g/mol. The van der Waals surface area contributed by atoms with Crippen LogP contribution >= 0.6 is 11.8 Å². The van der Waals surface area contributed by atoms with Crippen molar-refractivity contribution in [3.05, 3.63) is 71.7 Å². The third-order valence-electron chi connectivity index (χ3n) is 5.61. The SMILES string of the molecule is COc1ccc(-n2c(C)c(C)c(C#N)c2NC(=O)CSc2nncn2-c2ccccc2OC)cc1. The molecule has 4 rings (SSSR count). The number of anilines is 1. The van der Waals surface area contributed by atoms with Crippen molar-refractivity contribution >= 4 is 23.5 Å². The van der Waals surface area contributed by atoms with Crippen LogP contribution in [0.4, 0.5) is 5.82 Å². The number of benzene rings is 2. The van der Waals surface area contributed by atoms with Crippen LogP contribution in [0.3, 0.4) is 0 Å². The van der Waals surface area contributed by atoms with Crippen molar-refractivity contribution in [3.63, 3.8) is 0 Å². The molecule has 1 N–H and O–H groups in total. The summed E-state index contributed by atoms with van der Waals surface area (Å²) in [6.45, 7) is 3.79. The third kappa shape index (κ3) is 4.72. The van der Waals surface area contributed by atoms with Gasteiger partial charge in [-0.15, -0.1) is 10.2 Å². The van der Waals surface area contributed by atoms with E-state index >= 15 is 0 Å². The Morgan fingerprint density at radius 1 is 1.11 bits per heavy atom. The van der Waals surface area contributed by atoms with Crippen LogP contribution in [0.2, 0.25) is 0 Å². The highest BCUT2D eigenvalue weighted by Crippen LogP contribution is 2.31. The standard InChI is InChI=1S/C25H24N6O3S/c1-16-17(2)31(18-9-11-19(33-3)12-10-18)24(20(16)13-26)28-23(32)14-35-25-29-27-15-30(25)21-7-5-6-8-22(21)34-4/h5-12,15H,14H2,1-4H3,(H,28,32). The van der Waals surface area contributed by atoms with Crippen LogP contribution in [0.15, 0.2) is 60.0 Å². The Labute approximate surface area is 207 Å². The van der Waals surface area contributed by atoms with E-state index in [0.29, 0.717) is 22.3 Å². The van der Waals surface area contributed by atoms with Crippen LogP contribution in [0, 0.1) is 25.2 Å². The Balaban J connectivity index is 1.57. The quantitative estimate of drug-likeness (QED) is 0.369. The largest absolute Gasteiger partial charge is 0.497 e. The van der Waals surface area contributed by atoms with Gasteiger partial charge in [0.25, 0.3) is 0 Å². The number of thioether (sulfide) groups is 1. The highest BCUT2D eigenvalue weighted by atomic mass is 32.2. The second-order valence-electron chi connectivity index (χ2n) is 7.57. The maximum Gasteiger partial charge on any atom is 0.236 e. The van der Waals surface area contributed by atoms with Gasteiger partial charge in [-0.3, -0.25) is 13.9 Å². The molecule has 0 spiro atoms. The number of carbonyl (C=O) groups excluding carboxylic acids is 1. The Morgan fingerprint density at radius 3 is 2.54 bits per heavy atom. The molecule has 2 aromatic heterocycles. The fourth-order valence-corrected chi connectivity index (χ4v) is 4.45. The van der Waals surface area contributed by atoms with E-state index < -0.39 is 0 Å². The molecule has 0 atom stereocenters. The molecule has 0 radical (unpaired) electrons. The second-order valence-corrected chi connectivity index (χ2v) is 8.51. The van der Waals surface area contributed by atoms with Crippen molar-refractivity contribution in [3.8, 4) is 28.9 Å². The summed E-state index contributed by atoms with van der Waals surface area (Å²) in [4.78, 5) is 13.0. The molecular weight excluding hydrogens is 464 g/mol. The Morgan fingerprint density at radius 2 is 1.86 bits per heavy atom. The predicted molar refractivity (Wildman–Crippen MR) is 134 cm³/mol. The van der Waals surface area contributed by atoms with Gasteiger partial charge in [0.15, 0.2) is 5.16 Å². The van der Waals surface area contributed by atoms with E-state index in [-0.39, 0.29) is 11.7 Å². The molecule has 9 nitrogen and oxygen atoms in total. The molecule has 4 aromatic rings. The van der Waals surface area contributed by atoms with Gasteiger partial charge in [-0.05, 0) is 55.8 Å². The predicted octanol–water partition coefficient (Wildman–Crippen LogP) is 4.29. The van der Waals surface area contributed by atoms with Gasteiger partial charge >= 0.3 is 0 Å². The zero-order valence-corrected chi connectivity index (χ0v) is 20.6. The molecule has 0 aliphatic carbocycles. The first-order valence-electron chi connectivity index (χ1n) is 10.7. The minimum absolute atomic E-state index is 0.0740. The molecule has 2 heterocycles. The molecule has 35 heavy (non-hydrogen) atoms. The van der Waals surface area contributed by atoms with Crippen LogP contribution < -0.4 is 14.8 Å². The first-order valence-corrected chi connectivity index (χ1v) is 11.7. The summed E-state index contributed by atoms with van der Waals surface area (Å²) in [6, 6.07) is 17.2. The number of rotatable bonds is 8. The van der Waals surface area contributed by atoms with E-state index in [1.54, 1.807) is 25.1 Å². The van der Waals surface area contributed by atoms with Gasteiger partial charge in [-0.1, -0.05) is 23.9 Å². The summed E-state index contributed by atoms with van der Waals surface area (Å²) in [5, 5.41) is 21.4. The number of nitrogens with zero attached hydrogens (tertiary/aromatic N) is 5. The number of hydrogen-bond acceptors (Lipinski definition) is 7. The fourth-order valence-electron chi connectivity index (χ4n) is 3.73. The lowest BCUT2D eigenvalue weighted by Gasteiger charge is -2.14. The van der Waals surface area contributed by atoms with Crippen LogP contribution in [0.25, 0.3) is 11.4 Å². The van der Waals surface area contributed by atoms with E-state index in [0.717, 1.165) is 28.4 Å². The molecule has 0 saturated carbocycles. The van der Waals surface area contributed by atoms with E-state index in [1.165, 1.54) is 11.8 Å². The van der Waals surface area contributed by atoms with E-state index in [1.807, 2.05) is 66.9 Å². The minimum atomic E-state index is -0.270. The van der Waals surface area contributed by atoms with E-state index in [2.05, 4.69) is 21.6 Å². The number of ether oxygens (including phenoxy) is 2. The molecule has 1 amide bonds. The molecule has 0 fully saturated rings. The van der Waals surface area contributed by atoms with Crippen LogP contribution in [0.5, 0.6) is 11.5 Å². The van der Waals surface area contributed by atoms with Crippen molar-refractivity contribution < 1.29 is 14.3 Å². The number of hydrogen-bond donors (Lipinski definition) is 1. The maximum absolute atomic E-state index is 13.0. The number of carbonyl (C=O) groups is 1. The van der Waals surface area contributed by atoms with Gasteiger partial charge in [0, 0.05) is 11.4 Å². The van der Waals surface area contributed by atoms with Crippen LogP contribution in [-0.2, 0) is 4.79 Å². The number of para-hydroxylation sites is 2. The first kappa shape index (κ1) is 23.9. The number of aromatic nitrogens is 4. The second kappa shape index (κ2) is 10.4. The van der Waals surface area contributed by atoms with Gasteiger partial charge in [-0.25, -0.2) is 0 Å². The molecule has 0 aliphatic rings. The molecule has 10 heteroatoms. The average molecular weight is 489 g/mol. The summed E-state index contributed by atoms with van der Waals surface area (Å²) in [5.74, 6) is 1.63. The maximum atomic E-state index is 13.0. The lowest BCUT2D eigenvalue weighted by Crippen LogP contribution is -2.18. The fraction of sp³-hybridized carbons (Fsp3) is 0.200. The number of nitriles is 1. The zero-order chi connectivity index (χ0) is 24.9. The van der Waals surface area contributed by atoms with Gasteiger partial charge in [0.1, 0.15) is 29.7 Å². The summed E-state index contributed by atoms with van der Waals surface area (Å²) in [6.07, 6.45) is 1.58. The first-order chi connectivity index (χ1) is 17.0. The molecule has 178 valence electrons. The lowest BCUT2D eigenvalue weighted by molar-refractivity contribution is -0.113. The smallest absolute Gasteiger partial charge is 0.236 e. The molecule has 2 aromatic carbocycles. The van der Waals surface area contributed by atoms with Gasteiger partial charge in [-0.2, -0.15) is 5.26 Å². The van der Waals surface area contributed by atoms with E-state index in [9.17, 15) is 10.1 Å². The Hall–Kier alpha value is -4.23. The molecular formula is C25H24N6O3S. The summed E-state index contributed by atoms with van der Waals surface area (Å²) in [5.41, 5.74) is 3.68. The van der Waals surface area contributed by atoms with Gasteiger partial charge in [0.05, 0.1) is 31.2 Å². The number of methoxy groups -OCH3 is 2. The lowest BCUT2D eigenvalue weighted by atomic mass is 10.2. The highest BCUT2D eigenvalue weighted by molar-refractivity contribution is 7.99. The van der Waals surface area contributed by atoms with Crippen LogP contribution in [-0.4, -0.2) is 45.2 Å². The van der Waals surface area contributed by atoms with Crippen LogP contribution in [0.1, 0.15) is 16.8 Å². The molecule has 0 bridgehead atoms. The Kier molecular flexibility index (Phi) is 7.08. The van der Waals surface area contributed by atoms with Crippen molar-refractivity contribution in [1.29, 1.82) is 5.26 Å². The summed E-state index contributed by atoms with van der Waals surface area (Å²) < 4.78 is 14.3. The Bertz CT molecular complexity index is 1400. The topological polar surface area (TPSA) is 107 Å². The van der Waals surface area contributed by atoms with Crippen molar-refractivity contribution in [2.24, 2.45) is 0 Å². The summed E-state index contributed by atoms with van der Waals surface area (Å²) in [7, 11) is 3.20. The van der Waals surface area contributed by atoms with Gasteiger partial charge < -0.3 is 14.8 Å². The minimum Gasteiger partial charge on any atom is -0.497 e. The summed E-state index contributed by atoms with van der Waals surface area (Å²) >= 11 is 1.24. The number of amides is 1. The highest BCUT2D eigenvalue weighted by Gasteiger charge is 2.21. The van der Waals surface area contributed by atoms with Crippen molar-refractivity contribution in [2.45, 2.75) is 19.0 Å². The molecule has 0 unspecified atom stereocenters. The van der Waals surface area contributed by atoms with E-state index in [4.69, 9.17) is 9.47 Å². The van der Waals surface area contributed by atoms with Crippen molar-refractivity contribution in [1.82, 2.24) is 19.3 Å². The average Bonchev–Trinajstić information content (AvgIpc) is 3.45. The molecule has 0 aliphatic heterocycles. The van der Waals surface area contributed by atoms with Crippen molar-refractivity contribution in [2.75, 3.05) is 25.3 Å². The zero-order valence-electron chi connectivity index (χ0n) is 19.8. The third-order valence-corrected chi connectivity index (χ3v) is 6.55. The van der Waals surface area contributed by atoms with Gasteiger partial charge in [0.2, 0.25) is 5.91 Å².